The Balaban J connectivity index is 2.06. The van der Waals surface area contributed by atoms with Crippen LogP contribution in [0.1, 0.15) is 6.92 Å². The van der Waals surface area contributed by atoms with Crippen molar-refractivity contribution >= 4 is 34.3 Å². The number of nitrogens with zero attached hydrogens (tertiary/aromatic N) is 4. The molecule has 0 saturated carbocycles. The lowest BCUT2D eigenvalue weighted by Crippen LogP contribution is -1.98. The van der Waals surface area contributed by atoms with Crippen molar-refractivity contribution in [1.82, 2.24) is 19.5 Å². The van der Waals surface area contributed by atoms with Gasteiger partial charge in [-0.2, -0.15) is 0 Å². The molecular formula is C13H12ClN5. The van der Waals surface area contributed by atoms with Gasteiger partial charge in [-0.05, 0) is 19.1 Å². The van der Waals surface area contributed by atoms with Crippen LogP contribution < -0.4 is 5.32 Å². The summed E-state index contributed by atoms with van der Waals surface area (Å²) >= 11 is 6.13. The van der Waals surface area contributed by atoms with Gasteiger partial charge in [0.2, 0.25) is 0 Å². The first-order chi connectivity index (χ1) is 9.29. The molecule has 2 aromatic heterocycles. The number of halogens is 1. The van der Waals surface area contributed by atoms with E-state index in [0.29, 0.717) is 10.8 Å². The molecule has 0 bridgehead atoms. The maximum Gasteiger partial charge on any atom is 0.165 e. The third kappa shape index (κ3) is 2.13. The highest BCUT2D eigenvalue weighted by Gasteiger charge is 2.10. The second-order valence-electron chi connectivity index (χ2n) is 4.03. The number of anilines is 2. The van der Waals surface area contributed by atoms with Gasteiger partial charge in [0.05, 0.1) is 17.0 Å². The van der Waals surface area contributed by atoms with Crippen molar-refractivity contribution in [3.63, 3.8) is 0 Å². The van der Waals surface area contributed by atoms with Gasteiger partial charge >= 0.3 is 0 Å². The summed E-state index contributed by atoms with van der Waals surface area (Å²) in [6.45, 7) is 2.86. The molecule has 3 aromatic rings. The van der Waals surface area contributed by atoms with E-state index in [0.717, 1.165) is 23.4 Å². The van der Waals surface area contributed by atoms with Crippen LogP contribution in [-0.4, -0.2) is 19.5 Å². The third-order valence-corrected chi connectivity index (χ3v) is 3.20. The molecule has 0 aliphatic heterocycles. The smallest absolute Gasteiger partial charge is 0.165 e. The molecule has 0 aliphatic rings. The molecule has 0 radical (unpaired) electrons. The number of hydrogen-bond donors (Lipinski definition) is 1. The second-order valence-corrected chi connectivity index (χ2v) is 4.44. The summed E-state index contributed by atoms with van der Waals surface area (Å²) in [5.74, 6) is 0.658. The fourth-order valence-corrected chi connectivity index (χ4v) is 2.08. The van der Waals surface area contributed by atoms with E-state index in [4.69, 9.17) is 11.6 Å². The highest BCUT2D eigenvalue weighted by molar-refractivity contribution is 6.33. The molecule has 0 spiro atoms. The number of hydrogen-bond acceptors (Lipinski definition) is 4. The number of rotatable bonds is 3. The Morgan fingerprint density at radius 2 is 2.05 bits per heavy atom. The summed E-state index contributed by atoms with van der Waals surface area (Å²) < 4.78 is 1.97. The van der Waals surface area contributed by atoms with Crippen molar-refractivity contribution in [3.05, 3.63) is 41.9 Å². The number of aromatic nitrogens is 4. The van der Waals surface area contributed by atoms with E-state index >= 15 is 0 Å². The molecule has 0 atom stereocenters. The molecule has 96 valence electrons. The molecule has 5 nitrogen and oxygen atoms in total. The fraction of sp³-hybridized carbons (Fsp3) is 0.154. The Bertz CT molecular complexity index is 722. The Kier molecular flexibility index (Phi) is 3.05. The lowest BCUT2D eigenvalue weighted by Gasteiger charge is -2.07. The minimum absolute atomic E-state index is 0.643. The van der Waals surface area contributed by atoms with Crippen LogP contribution >= 0.6 is 11.6 Å². The molecule has 0 saturated heterocycles. The average molecular weight is 274 g/mol. The summed E-state index contributed by atoms with van der Waals surface area (Å²) in [6, 6.07) is 7.52. The van der Waals surface area contributed by atoms with Gasteiger partial charge in [-0.3, -0.25) is 0 Å². The molecule has 2 heterocycles. The van der Waals surface area contributed by atoms with Crippen LogP contribution in [0, 0.1) is 0 Å². The van der Waals surface area contributed by atoms with Crippen molar-refractivity contribution in [2.75, 3.05) is 5.32 Å². The number of fused-ring (bicyclic) bond motifs is 1. The van der Waals surface area contributed by atoms with Crippen LogP contribution in [0.25, 0.3) is 11.2 Å². The van der Waals surface area contributed by atoms with Crippen molar-refractivity contribution in [1.29, 1.82) is 0 Å². The number of aryl methyl sites for hydroxylation is 1. The monoisotopic (exact) mass is 273 g/mol. The Hall–Kier alpha value is -2.14. The lowest BCUT2D eigenvalue weighted by molar-refractivity contribution is 0.777. The Morgan fingerprint density at radius 1 is 1.21 bits per heavy atom. The van der Waals surface area contributed by atoms with E-state index in [-0.39, 0.29) is 0 Å². The quantitative estimate of drug-likeness (QED) is 0.796. The third-order valence-electron chi connectivity index (χ3n) is 2.87. The highest BCUT2D eigenvalue weighted by atomic mass is 35.5. The first-order valence-electron chi connectivity index (χ1n) is 5.97. The summed E-state index contributed by atoms with van der Waals surface area (Å²) in [5, 5.41) is 3.84. The van der Waals surface area contributed by atoms with Gasteiger partial charge in [-0.1, -0.05) is 23.7 Å². The van der Waals surface area contributed by atoms with Gasteiger partial charge in [-0.15, -0.1) is 0 Å². The predicted molar refractivity (Wildman–Crippen MR) is 75.7 cm³/mol. The van der Waals surface area contributed by atoms with Crippen LogP contribution in [0.2, 0.25) is 5.02 Å². The van der Waals surface area contributed by atoms with Crippen molar-refractivity contribution in [3.8, 4) is 0 Å². The topological polar surface area (TPSA) is 55.6 Å². The van der Waals surface area contributed by atoms with Crippen LogP contribution in [0.3, 0.4) is 0 Å². The van der Waals surface area contributed by atoms with Crippen LogP contribution in [-0.2, 0) is 6.54 Å². The van der Waals surface area contributed by atoms with Gasteiger partial charge < -0.3 is 9.88 Å². The van der Waals surface area contributed by atoms with Crippen molar-refractivity contribution in [2.45, 2.75) is 13.5 Å². The minimum Gasteiger partial charge on any atom is -0.337 e. The lowest BCUT2D eigenvalue weighted by atomic mass is 10.3. The van der Waals surface area contributed by atoms with E-state index in [9.17, 15) is 0 Å². The largest absolute Gasteiger partial charge is 0.337 e. The van der Waals surface area contributed by atoms with Crippen molar-refractivity contribution < 1.29 is 0 Å². The standard InChI is InChI=1S/C13H12ClN5/c1-2-19-8-17-11-12(15-7-16-13(11)19)18-10-6-4-3-5-9(10)14/h3-8H,2H2,1H3,(H,15,16,18). The SMILES string of the molecule is CCn1cnc2c(Nc3ccccc3Cl)ncnc21. The first-order valence-corrected chi connectivity index (χ1v) is 6.34. The minimum atomic E-state index is 0.643. The second kappa shape index (κ2) is 4.85. The number of benzene rings is 1. The molecule has 0 aliphatic carbocycles. The van der Waals surface area contributed by atoms with Crippen LogP contribution in [0.5, 0.6) is 0 Å². The molecule has 1 N–H and O–H groups in total. The van der Waals surface area contributed by atoms with E-state index in [1.54, 1.807) is 6.33 Å². The van der Waals surface area contributed by atoms with Gasteiger partial charge in [-0.25, -0.2) is 15.0 Å². The van der Waals surface area contributed by atoms with Gasteiger partial charge in [0.25, 0.3) is 0 Å². The van der Waals surface area contributed by atoms with E-state index in [1.165, 1.54) is 6.33 Å². The number of imidazole rings is 1. The average Bonchev–Trinajstić information content (AvgIpc) is 2.85. The first kappa shape index (κ1) is 11.9. The molecule has 0 fully saturated rings. The summed E-state index contributed by atoms with van der Waals surface area (Å²) in [5.41, 5.74) is 2.35. The van der Waals surface area contributed by atoms with Crippen molar-refractivity contribution in [2.24, 2.45) is 0 Å². The van der Waals surface area contributed by atoms with E-state index in [2.05, 4.69) is 20.3 Å². The predicted octanol–water partition coefficient (Wildman–Crippen LogP) is 3.24. The van der Waals surface area contributed by atoms with Gasteiger partial charge in [0.1, 0.15) is 6.33 Å². The molecular weight excluding hydrogens is 262 g/mol. The van der Waals surface area contributed by atoms with Crippen LogP contribution in [0.4, 0.5) is 11.5 Å². The van der Waals surface area contributed by atoms with Gasteiger partial charge in [0.15, 0.2) is 17.0 Å². The van der Waals surface area contributed by atoms with E-state index < -0.39 is 0 Å². The zero-order chi connectivity index (χ0) is 13.2. The molecule has 0 unspecified atom stereocenters. The molecule has 19 heavy (non-hydrogen) atoms. The molecule has 3 rings (SSSR count). The summed E-state index contributed by atoms with van der Waals surface area (Å²) in [4.78, 5) is 12.8. The number of para-hydroxylation sites is 1. The number of nitrogens with one attached hydrogen (secondary N) is 1. The molecule has 0 amide bonds. The zero-order valence-corrected chi connectivity index (χ0v) is 11.1. The molecule has 6 heteroatoms. The Labute approximate surface area is 115 Å². The normalized spacial score (nSPS) is 10.8. The van der Waals surface area contributed by atoms with Crippen LogP contribution in [0.15, 0.2) is 36.9 Å². The highest BCUT2D eigenvalue weighted by Crippen LogP contribution is 2.26. The Morgan fingerprint density at radius 3 is 2.84 bits per heavy atom. The van der Waals surface area contributed by atoms with Gasteiger partial charge in [0, 0.05) is 6.54 Å². The molecule has 1 aromatic carbocycles. The zero-order valence-electron chi connectivity index (χ0n) is 10.3. The summed E-state index contributed by atoms with van der Waals surface area (Å²) in [7, 11) is 0. The summed E-state index contributed by atoms with van der Waals surface area (Å²) in [6.07, 6.45) is 3.28. The fourth-order valence-electron chi connectivity index (χ4n) is 1.89. The van der Waals surface area contributed by atoms with E-state index in [1.807, 2.05) is 35.8 Å². The maximum atomic E-state index is 6.13. The maximum absolute atomic E-state index is 6.13.